The summed E-state index contributed by atoms with van der Waals surface area (Å²) in [6.07, 6.45) is 12.2. The molecule has 0 radical (unpaired) electrons. The molecular formula is C31H30N6O2. The third-order valence-electron chi connectivity index (χ3n) is 8.73. The van der Waals surface area contributed by atoms with Gasteiger partial charge in [0.2, 0.25) is 5.91 Å². The van der Waals surface area contributed by atoms with E-state index in [-0.39, 0.29) is 17.2 Å². The molecule has 3 N–H and O–H groups in total. The van der Waals surface area contributed by atoms with E-state index in [2.05, 4.69) is 30.6 Å². The van der Waals surface area contributed by atoms with Gasteiger partial charge in [-0.25, -0.2) is 9.97 Å². The molecule has 1 aromatic carbocycles. The number of nitrogens with one attached hydrogen (secondary N) is 3. The molecule has 4 aliphatic rings. The first-order valence-electron chi connectivity index (χ1n) is 13.7. The molecule has 0 saturated heterocycles. The van der Waals surface area contributed by atoms with E-state index in [4.69, 9.17) is 0 Å². The molecule has 39 heavy (non-hydrogen) atoms. The molecule has 4 bridgehead atoms. The number of imidazole rings is 1. The Morgan fingerprint density at radius 1 is 0.769 bits per heavy atom. The maximum Gasteiger partial charge on any atom is 0.275 e. The molecule has 2 amide bonds. The maximum atomic E-state index is 13.4. The number of amides is 2. The fourth-order valence-electron chi connectivity index (χ4n) is 7.28. The number of rotatable bonds is 6. The SMILES string of the molecule is O=C(Nc1ccccn1)c1ccc(-c2cnc(-c3ccc(NC(=O)C45CC6CC(CC(C6)C4)C5)cc3)[nH]2)cn1. The van der Waals surface area contributed by atoms with Gasteiger partial charge in [0.1, 0.15) is 17.3 Å². The average molecular weight is 519 g/mol. The molecule has 4 aliphatic carbocycles. The Labute approximate surface area is 226 Å². The van der Waals surface area contributed by atoms with E-state index in [1.807, 2.05) is 36.4 Å². The van der Waals surface area contributed by atoms with Gasteiger partial charge >= 0.3 is 0 Å². The van der Waals surface area contributed by atoms with Gasteiger partial charge in [0, 0.05) is 29.2 Å². The minimum absolute atomic E-state index is 0.161. The molecule has 4 aromatic rings. The van der Waals surface area contributed by atoms with E-state index in [0.717, 1.165) is 65.3 Å². The summed E-state index contributed by atoms with van der Waals surface area (Å²) in [4.78, 5) is 42.1. The quantitative estimate of drug-likeness (QED) is 0.292. The summed E-state index contributed by atoms with van der Waals surface area (Å²) in [5.41, 5.74) is 3.51. The Balaban J connectivity index is 1.01. The second-order valence-corrected chi connectivity index (χ2v) is 11.5. The smallest absolute Gasteiger partial charge is 0.275 e. The molecule has 8 heteroatoms. The zero-order valence-electron chi connectivity index (χ0n) is 21.6. The average Bonchev–Trinajstić information content (AvgIpc) is 3.44. The lowest BCUT2D eigenvalue weighted by Gasteiger charge is -2.55. The normalized spacial score (nSPS) is 24.9. The first-order valence-corrected chi connectivity index (χ1v) is 13.7. The highest BCUT2D eigenvalue weighted by Crippen LogP contribution is 2.60. The van der Waals surface area contributed by atoms with Crippen LogP contribution < -0.4 is 10.6 Å². The number of pyridine rings is 2. The van der Waals surface area contributed by atoms with Gasteiger partial charge in [0.15, 0.2) is 0 Å². The second-order valence-electron chi connectivity index (χ2n) is 11.5. The van der Waals surface area contributed by atoms with Crippen LogP contribution in [0.5, 0.6) is 0 Å². The van der Waals surface area contributed by atoms with Gasteiger partial charge in [0.05, 0.1) is 17.3 Å². The van der Waals surface area contributed by atoms with Crippen molar-refractivity contribution in [2.75, 3.05) is 10.6 Å². The van der Waals surface area contributed by atoms with Crippen LogP contribution in [-0.4, -0.2) is 31.8 Å². The number of nitrogens with zero attached hydrogens (tertiary/aromatic N) is 3. The van der Waals surface area contributed by atoms with Gasteiger partial charge in [-0.05, 0) is 105 Å². The van der Waals surface area contributed by atoms with E-state index >= 15 is 0 Å². The fraction of sp³-hybridized carbons (Fsp3) is 0.323. The van der Waals surface area contributed by atoms with Crippen molar-refractivity contribution in [3.63, 3.8) is 0 Å². The second kappa shape index (κ2) is 9.45. The lowest BCUT2D eigenvalue weighted by Crippen LogP contribution is -2.51. The lowest BCUT2D eigenvalue weighted by atomic mass is 9.49. The molecule has 4 fully saturated rings. The number of aromatic amines is 1. The molecule has 0 aliphatic heterocycles. The molecule has 8 nitrogen and oxygen atoms in total. The number of aromatic nitrogens is 4. The van der Waals surface area contributed by atoms with Crippen LogP contribution in [0.2, 0.25) is 0 Å². The van der Waals surface area contributed by atoms with Crippen molar-refractivity contribution >= 4 is 23.3 Å². The third-order valence-corrected chi connectivity index (χ3v) is 8.73. The van der Waals surface area contributed by atoms with Crippen LogP contribution in [-0.2, 0) is 4.79 Å². The van der Waals surface area contributed by atoms with Gasteiger partial charge in [0.25, 0.3) is 5.91 Å². The Kier molecular flexibility index (Phi) is 5.76. The van der Waals surface area contributed by atoms with E-state index < -0.39 is 0 Å². The summed E-state index contributed by atoms with van der Waals surface area (Å²) in [7, 11) is 0. The monoisotopic (exact) mass is 518 g/mol. The maximum absolute atomic E-state index is 13.4. The summed E-state index contributed by atoms with van der Waals surface area (Å²) in [5.74, 6) is 3.32. The van der Waals surface area contributed by atoms with Crippen LogP contribution >= 0.6 is 0 Å². The first-order chi connectivity index (χ1) is 19.0. The minimum atomic E-state index is -0.319. The van der Waals surface area contributed by atoms with Crippen LogP contribution in [0.3, 0.4) is 0 Å². The van der Waals surface area contributed by atoms with E-state index in [1.54, 1.807) is 36.8 Å². The molecule has 4 saturated carbocycles. The first kappa shape index (κ1) is 23.8. The number of benzene rings is 1. The predicted octanol–water partition coefficient (Wildman–Crippen LogP) is 5.94. The van der Waals surface area contributed by atoms with Gasteiger partial charge in [-0.1, -0.05) is 6.07 Å². The van der Waals surface area contributed by atoms with Crippen molar-refractivity contribution in [2.24, 2.45) is 23.2 Å². The van der Waals surface area contributed by atoms with Crippen molar-refractivity contribution in [2.45, 2.75) is 38.5 Å². The molecule has 0 spiro atoms. The van der Waals surface area contributed by atoms with Crippen molar-refractivity contribution in [1.29, 1.82) is 0 Å². The van der Waals surface area contributed by atoms with Gasteiger partial charge in [-0.3, -0.25) is 14.6 Å². The highest BCUT2D eigenvalue weighted by Gasteiger charge is 2.54. The molecule has 8 rings (SSSR count). The van der Waals surface area contributed by atoms with Crippen LogP contribution in [0.4, 0.5) is 11.5 Å². The van der Waals surface area contributed by atoms with Gasteiger partial charge in [-0.15, -0.1) is 0 Å². The van der Waals surface area contributed by atoms with Crippen molar-refractivity contribution < 1.29 is 9.59 Å². The molecule has 3 heterocycles. The summed E-state index contributed by atoms with van der Waals surface area (Å²) >= 11 is 0. The fourth-order valence-corrected chi connectivity index (χ4v) is 7.28. The minimum Gasteiger partial charge on any atom is -0.338 e. The van der Waals surface area contributed by atoms with Crippen LogP contribution in [0.1, 0.15) is 49.0 Å². The van der Waals surface area contributed by atoms with Crippen molar-refractivity contribution in [3.8, 4) is 22.6 Å². The van der Waals surface area contributed by atoms with Crippen LogP contribution in [0, 0.1) is 23.2 Å². The standard InChI is InChI=1S/C31H30N6O2/c38-29(37-27-3-1-2-10-32-27)25-9-6-23(17-33-25)26-18-34-28(36-26)22-4-7-24(8-5-22)35-30(39)31-14-19-11-20(15-31)13-21(12-19)16-31/h1-10,17-21H,11-16H2,(H,34,36)(H,35,39)(H,32,37,38). The number of hydrogen-bond donors (Lipinski definition) is 3. The third kappa shape index (κ3) is 4.60. The highest BCUT2D eigenvalue weighted by molar-refractivity contribution is 6.02. The van der Waals surface area contributed by atoms with E-state index in [0.29, 0.717) is 11.5 Å². The largest absolute Gasteiger partial charge is 0.338 e. The Morgan fingerprint density at radius 3 is 2.13 bits per heavy atom. The number of anilines is 2. The molecular weight excluding hydrogens is 488 g/mol. The summed E-state index contributed by atoms with van der Waals surface area (Å²) in [6, 6.07) is 16.7. The molecule has 3 aromatic heterocycles. The molecule has 0 atom stereocenters. The topological polar surface area (TPSA) is 113 Å². The van der Waals surface area contributed by atoms with Crippen molar-refractivity contribution in [1.82, 2.24) is 19.9 Å². The Bertz CT molecular complexity index is 1480. The summed E-state index contributed by atoms with van der Waals surface area (Å²) in [5, 5.41) is 5.96. The zero-order valence-corrected chi connectivity index (χ0v) is 21.6. The number of carbonyl (C=O) groups excluding carboxylic acids is 2. The van der Waals surface area contributed by atoms with Crippen LogP contribution in [0.15, 0.2) is 73.2 Å². The van der Waals surface area contributed by atoms with Crippen LogP contribution in [0.25, 0.3) is 22.6 Å². The molecule has 0 unspecified atom stereocenters. The number of carbonyl (C=O) groups is 2. The van der Waals surface area contributed by atoms with Crippen molar-refractivity contribution in [3.05, 3.63) is 78.9 Å². The summed E-state index contributed by atoms with van der Waals surface area (Å²) in [6.45, 7) is 0. The van der Waals surface area contributed by atoms with Gasteiger partial charge < -0.3 is 15.6 Å². The molecule has 196 valence electrons. The van der Waals surface area contributed by atoms with Gasteiger partial charge in [-0.2, -0.15) is 0 Å². The zero-order chi connectivity index (χ0) is 26.4. The Morgan fingerprint density at radius 2 is 1.49 bits per heavy atom. The predicted molar refractivity (Wildman–Crippen MR) is 149 cm³/mol. The van der Waals surface area contributed by atoms with E-state index in [1.165, 1.54) is 19.3 Å². The highest BCUT2D eigenvalue weighted by atomic mass is 16.2. The van der Waals surface area contributed by atoms with E-state index in [9.17, 15) is 9.59 Å². The number of hydrogen-bond acceptors (Lipinski definition) is 5. The lowest BCUT2D eigenvalue weighted by molar-refractivity contribution is -0.140. The summed E-state index contributed by atoms with van der Waals surface area (Å²) < 4.78 is 0. The number of H-pyrrole nitrogens is 1. The Hall–Kier alpha value is -4.33.